The number of rotatable bonds is 6. The average Bonchev–Trinajstić information content (AvgIpc) is 3.12. The lowest BCUT2D eigenvalue weighted by Crippen LogP contribution is -2.15. The third-order valence-corrected chi connectivity index (χ3v) is 7.57. The lowest BCUT2D eigenvalue weighted by Gasteiger charge is -2.10. The molecule has 0 aliphatic rings. The van der Waals surface area contributed by atoms with Crippen molar-refractivity contribution in [3.8, 4) is 0 Å². The van der Waals surface area contributed by atoms with E-state index < -0.39 is 10.0 Å². The molecule has 0 spiro atoms. The van der Waals surface area contributed by atoms with Crippen molar-refractivity contribution in [2.75, 3.05) is 5.75 Å². The molecule has 0 saturated heterocycles. The summed E-state index contributed by atoms with van der Waals surface area (Å²) in [6.07, 6.45) is 0. The second-order valence-electron chi connectivity index (χ2n) is 6.68. The van der Waals surface area contributed by atoms with Crippen molar-refractivity contribution in [2.24, 2.45) is 0 Å². The van der Waals surface area contributed by atoms with E-state index in [1.165, 1.54) is 3.97 Å². The molecule has 152 valence electrons. The highest BCUT2D eigenvalue weighted by Gasteiger charge is 2.25. The molecule has 0 amide bonds. The molecule has 1 heterocycles. The van der Waals surface area contributed by atoms with Crippen molar-refractivity contribution >= 4 is 50.2 Å². The van der Waals surface area contributed by atoms with Crippen LogP contribution in [0.3, 0.4) is 0 Å². The van der Waals surface area contributed by atoms with Crippen LogP contribution in [0, 0.1) is 6.92 Å². The van der Waals surface area contributed by atoms with E-state index in [2.05, 4.69) is 4.98 Å². The average molecular weight is 457 g/mol. The normalized spacial score (nSPS) is 11.7. The number of hydrogen-bond donors (Lipinski definition) is 0. The van der Waals surface area contributed by atoms with Crippen molar-refractivity contribution in [2.45, 2.75) is 17.0 Å². The number of thioether (sulfide) groups is 1. The Morgan fingerprint density at radius 3 is 2.37 bits per heavy atom. The van der Waals surface area contributed by atoms with Gasteiger partial charge in [-0.25, -0.2) is 17.4 Å². The molecule has 5 nitrogen and oxygen atoms in total. The molecule has 0 bridgehead atoms. The number of halogens is 1. The Hall–Kier alpha value is -2.61. The third-order valence-electron chi connectivity index (χ3n) is 4.55. The molecule has 0 N–H and O–H groups in total. The molecule has 0 radical (unpaired) electrons. The van der Waals surface area contributed by atoms with Crippen LogP contribution in [0.1, 0.15) is 15.9 Å². The van der Waals surface area contributed by atoms with Crippen molar-refractivity contribution in [1.29, 1.82) is 0 Å². The first-order valence-corrected chi connectivity index (χ1v) is 11.9. The van der Waals surface area contributed by atoms with E-state index in [9.17, 15) is 13.2 Å². The monoisotopic (exact) mass is 456 g/mol. The lowest BCUT2D eigenvalue weighted by molar-refractivity contribution is 0.102. The maximum Gasteiger partial charge on any atom is 0.270 e. The number of para-hydroxylation sites is 2. The predicted octanol–water partition coefficient (Wildman–Crippen LogP) is 5.21. The van der Waals surface area contributed by atoms with Gasteiger partial charge in [-0.1, -0.05) is 53.2 Å². The summed E-state index contributed by atoms with van der Waals surface area (Å²) in [4.78, 5) is 17.2. The smallest absolute Gasteiger partial charge is 0.270 e. The number of fused-ring (bicyclic) bond motifs is 1. The third kappa shape index (κ3) is 4.01. The summed E-state index contributed by atoms with van der Waals surface area (Å²) in [5.74, 6) is -0.0861. The van der Waals surface area contributed by atoms with Crippen LogP contribution in [0.15, 0.2) is 82.8 Å². The molecule has 30 heavy (non-hydrogen) atoms. The summed E-state index contributed by atoms with van der Waals surface area (Å²) >= 11 is 6.97. The zero-order chi connectivity index (χ0) is 21.3. The molecule has 3 aromatic carbocycles. The van der Waals surface area contributed by atoms with Crippen molar-refractivity contribution < 1.29 is 13.2 Å². The van der Waals surface area contributed by atoms with Gasteiger partial charge >= 0.3 is 0 Å². The van der Waals surface area contributed by atoms with Crippen LogP contribution in [-0.4, -0.2) is 28.9 Å². The standard InChI is InChI=1S/C22H17ClN2O3S2/c1-15-6-12-18(13-7-15)30(27,28)25-20-5-3-2-4-19(20)24-22(25)29-14-21(26)16-8-10-17(23)11-9-16/h2-13H,14H2,1H3. The minimum Gasteiger partial charge on any atom is -0.293 e. The molecular weight excluding hydrogens is 440 g/mol. The van der Waals surface area contributed by atoms with Gasteiger partial charge in [0.1, 0.15) is 0 Å². The molecule has 0 fully saturated rings. The summed E-state index contributed by atoms with van der Waals surface area (Å²) in [5, 5.41) is 0.796. The van der Waals surface area contributed by atoms with Gasteiger partial charge in [0, 0.05) is 10.6 Å². The van der Waals surface area contributed by atoms with Gasteiger partial charge in [-0.2, -0.15) is 0 Å². The first-order valence-electron chi connectivity index (χ1n) is 9.07. The van der Waals surface area contributed by atoms with Crippen LogP contribution in [-0.2, 0) is 10.0 Å². The number of aryl methyl sites for hydroxylation is 1. The Labute approximate surface area is 183 Å². The Bertz CT molecular complexity index is 1330. The zero-order valence-corrected chi connectivity index (χ0v) is 18.3. The largest absolute Gasteiger partial charge is 0.293 e. The van der Waals surface area contributed by atoms with Crippen LogP contribution in [0.5, 0.6) is 0 Å². The maximum atomic E-state index is 13.4. The summed E-state index contributed by atoms with van der Waals surface area (Å²) < 4.78 is 28.0. The first kappa shape index (κ1) is 20.7. The number of benzene rings is 3. The molecule has 8 heteroatoms. The Balaban J connectivity index is 1.73. The molecule has 0 saturated carbocycles. The fourth-order valence-corrected chi connectivity index (χ4v) is 5.70. The molecule has 1 aromatic heterocycles. The van der Waals surface area contributed by atoms with E-state index in [0.717, 1.165) is 17.3 Å². The SMILES string of the molecule is Cc1ccc(S(=O)(=O)n2c(SCC(=O)c3ccc(Cl)cc3)nc3ccccc32)cc1. The molecule has 4 rings (SSSR count). The quantitative estimate of drug-likeness (QED) is 0.294. The van der Waals surface area contributed by atoms with Crippen LogP contribution >= 0.6 is 23.4 Å². The minimum atomic E-state index is -3.88. The van der Waals surface area contributed by atoms with E-state index in [1.807, 2.05) is 6.92 Å². The van der Waals surface area contributed by atoms with E-state index >= 15 is 0 Å². The minimum absolute atomic E-state index is 0.0500. The van der Waals surface area contributed by atoms with Crippen LogP contribution in [0.25, 0.3) is 11.0 Å². The Kier molecular flexibility index (Phi) is 5.69. The number of hydrogen-bond acceptors (Lipinski definition) is 5. The number of imidazole rings is 1. The number of carbonyl (C=O) groups is 1. The topological polar surface area (TPSA) is 69.0 Å². The first-order chi connectivity index (χ1) is 14.4. The molecule has 4 aromatic rings. The van der Waals surface area contributed by atoms with Crippen molar-refractivity contribution in [1.82, 2.24) is 8.96 Å². The van der Waals surface area contributed by atoms with Crippen LogP contribution in [0.4, 0.5) is 0 Å². The number of ketones is 1. The molecule has 0 atom stereocenters. The van der Waals surface area contributed by atoms with Gasteiger partial charge in [0.25, 0.3) is 10.0 Å². The second kappa shape index (κ2) is 8.26. The fraction of sp³-hybridized carbons (Fsp3) is 0.0909. The number of Topliss-reactive ketones (excluding diaryl/α,β-unsaturated/α-hetero) is 1. The Morgan fingerprint density at radius 2 is 1.67 bits per heavy atom. The van der Waals surface area contributed by atoms with Gasteiger partial charge in [0.15, 0.2) is 10.9 Å². The highest BCUT2D eigenvalue weighted by atomic mass is 35.5. The highest BCUT2D eigenvalue weighted by molar-refractivity contribution is 8.00. The van der Waals surface area contributed by atoms with Crippen molar-refractivity contribution in [3.63, 3.8) is 0 Å². The zero-order valence-electron chi connectivity index (χ0n) is 15.9. The van der Waals surface area contributed by atoms with Crippen LogP contribution in [0.2, 0.25) is 5.02 Å². The molecular formula is C22H17ClN2O3S2. The molecule has 0 aliphatic heterocycles. The second-order valence-corrected chi connectivity index (χ2v) is 9.85. The molecule has 0 unspecified atom stereocenters. The van der Waals surface area contributed by atoms with E-state index in [-0.39, 0.29) is 21.6 Å². The van der Waals surface area contributed by atoms with Gasteiger partial charge in [-0.05, 0) is 55.5 Å². The number of aromatic nitrogens is 2. The van der Waals surface area contributed by atoms with Gasteiger partial charge < -0.3 is 0 Å². The highest BCUT2D eigenvalue weighted by Crippen LogP contribution is 2.29. The van der Waals surface area contributed by atoms with Gasteiger partial charge in [-0.15, -0.1) is 0 Å². The fourth-order valence-electron chi connectivity index (χ4n) is 2.97. The lowest BCUT2D eigenvalue weighted by atomic mass is 10.1. The predicted molar refractivity (Wildman–Crippen MR) is 120 cm³/mol. The van der Waals surface area contributed by atoms with Crippen molar-refractivity contribution in [3.05, 3.63) is 88.9 Å². The van der Waals surface area contributed by atoms with Crippen LogP contribution < -0.4 is 0 Å². The number of carbonyl (C=O) groups excluding carboxylic acids is 1. The van der Waals surface area contributed by atoms with Gasteiger partial charge in [0.05, 0.1) is 21.7 Å². The summed E-state index contributed by atoms with van der Waals surface area (Å²) in [7, 11) is -3.88. The van der Waals surface area contributed by atoms with Gasteiger partial charge in [0.2, 0.25) is 0 Å². The van der Waals surface area contributed by atoms with Gasteiger partial charge in [-0.3, -0.25) is 4.79 Å². The number of nitrogens with zero attached hydrogens (tertiary/aromatic N) is 2. The van der Waals surface area contributed by atoms with E-state index in [0.29, 0.717) is 21.6 Å². The summed E-state index contributed by atoms with van der Waals surface area (Å²) in [5.41, 5.74) is 2.50. The Morgan fingerprint density at radius 1 is 1.00 bits per heavy atom. The summed E-state index contributed by atoms with van der Waals surface area (Å²) in [6, 6.07) is 20.3. The van der Waals surface area contributed by atoms with E-state index in [1.54, 1.807) is 72.8 Å². The molecule has 0 aliphatic carbocycles. The maximum absolute atomic E-state index is 13.4. The van der Waals surface area contributed by atoms with E-state index in [4.69, 9.17) is 11.6 Å². The summed E-state index contributed by atoms with van der Waals surface area (Å²) in [6.45, 7) is 1.90.